The maximum atomic E-state index is 12.4. The van der Waals surface area contributed by atoms with Crippen molar-refractivity contribution in [2.24, 2.45) is 4.99 Å². The number of ether oxygens (including phenoxy) is 2. The Morgan fingerprint density at radius 2 is 1.81 bits per heavy atom. The van der Waals surface area contributed by atoms with E-state index in [0.29, 0.717) is 42.1 Å². The number of halogens is 4. The first-order valence-corrected chi connectivity index (χ1v) is 9.85. The highest BCUT2D eigenvalue weighted by Crippen LogP contribution is 2.32. The normalized spacial score (nSPS) is 11.5. The van der Waals surface area contributed by atoms with E-state index < -0.39 is 12.6 Å². The molecule has 172 valence electrons. The van der Waals surface area contributed by atoms with E-state index >= 15 is 0 Å². The molecule has 1 aromatic carbocycles. The lowest BCUT2D eigenvalue weighted by atomic mass is 10.2. The lowest BCUT2D eigenvalue weighted by Gasteiger charge is -2.14. The van der Waals surface area contributed by atoms with Crippen molar-refractivity contribution in [3.8, 4) is 17.4 Å². The summed E-state index contributed by atoms with van der Waals surface area (Å²) < 4.78 is 48.8. The molecule has 0 unspecified atom stereocenters. The van der Waals surface area contributed by atoms with Crippen molar-refractivity contribution in [3.63, 3.8) is 0 Å². The third-order valence-electron chi connectivity index (χ3n) is 3.82. The van der Waals surface area contributed by atoms with Crippen molar-refractivity contribution in [3.05, 3.63) is 48.2 Å². The number of hydrogen-bond donors (Lipinski definition) is 2. The first kappa shape index (κ1) is 26.8. The number of pyridine rings is 1. The second-order valence-electron chi connectivity index (χ2n) is 6.35. The van der Waals surface area contributed by atoms with Crippen LogP contribution in [0, 0.1) is 0 Å². The van der Waals surface area contributed by atoms with Gasteiger partial charge in [-0.25, -0.2) is 9.98 Å². The van der Waals surface area contributed by atoms with Gasteiger partial charge in [-0.05, 0) is 31.5 Å². The van der Waals surface area contributed by atoms with Crippen LogP contribution in [-0.4, -0.2) is 36.8 Å². The molecule has 2 rings (SSSR count). The highest BCUT2D eigenvalue weighted by molar-refractivity contribution is 14.0. The predicted molar refractivity (Wildman–Crippen MR) is 125 cm³/mol. The molecule has 0 aliphatic heterocycles. The summed E-state index contributed by atoms with van der Waals surface area (Å²) in [5.41, 5.74) is 0.691. The molecule has 1 aromatic heterocycles. The second-order valence-corrected chi connectivity index (χ2v) is 6.35. The van der Waals surface area contributed by atoms with Gasteiger partial charge in [-0.3, -0.25) is 0 Å². The third kappa shape index (κ3) is 10.1. The summed E-state index contributed by atoms with van der Waals surface area (Å²) in [5.74, 6) is 1.80. The number of nitrogens with zero attached hydrogens (tertiary/aromatic N) is 2. The van der Waals surface area contributed by atoms with Gasteiger partial charge in [0.05, 0.1) is 19.6 Å². The minimum absolute atomic E-state index is 0. The summed E-state index contributed by atoms with van der Waals surface area (Å²) in [6.45, 7) is 4.87. The fourth-order valence-corrected chi connectivity index (χ4v) is 2.43. The Balaban J connectivity index is 0.00000480. The van der Waals surface area contributed by atoms with E-state index in [1.54, 1.807) is 24.4 Å². The second kappa shape index (κ2) is 13.9. The van der Waals surface area contributed by atoms with Crippen molar-refractivity contribution in [2.75, 3.05) is 19.7 Å². The van der Waals surface area contributed by atoms with E-state index in [1.165, 1.54) is 0 Å². The van der Waals surface area contributed by atoms with Gasteiger partial charge in [0.2, 0.25) is 5.88 Å². The average Bonchev–Trinajstić information content (AvgIpc) is 2.71. The summed E-state index contributed by atoms with van der Waals surface area (Å²) in [6, 6.07) is 10.9. The number of aromatic nitrogens is 1. The summed E-state index contributed by atoms with van der Waals surface area (Å²) in [6.07, 6.45) is -2.69. The molecule has 0 saturated heterocycles. The van der Waals surface area contributed by atoms with Gasteiger partial charge in [-0.1, -0.05) is 25.1 Å². The summed E-state index contributed by atoms with van der Waals surface area (Å²) >= 11 is 0. The van der Waals surface area contributed by atoms with Crippen LogP contribution in [0.3, 0.4) is 0 Å². The van der Waals surface area contributed by atoms with Gasteiger partial charge in [0.25, 0.3) is 0 Å². The molecule has 1 heterocycles. The van der Waals surface area contributed by atoms with Crippen LogP contribution in [-0.2, 0) is 6.54 Å². The van der Waals surface area contributed by atoms with Gasteiger partial charge in [0.1, 0.15) is 0 Å². The summed E-state index contributed by atoms with van der Waals surface area (Å²) in [7, 11) is 0. The third-order valence-corrected chi connectivity index (χ3v) is 3.82. The van der Waals surface area contributed by atoms with E-state index in [0.717, 1.165) is 6.42 Å². The molecule has 0 aliphatic rings. The van der Waals surface area contributed by atoms with Crippen LogP contribution in [0.1, 0.15) is 32.3 Å². The molecule has 0 saturated carbocycles. The van der Waals surface area contributed by atoms with E-state index in [-0.39, 0.29) is 37.1 Å². The summed E-state index contributed by atoms with van der Waals surface area (Å²) in [4.78, 5) is 8.63. The van der Waals surface area contributed by atoms with Crippen LogP contribution in [0.15, 0.2) is 47.6 Å². The van der Waals surface area contributed by atoms with Crippen LogP contribution in [0.25, 0.3) is 0 Å². The molecular formula is C21H28F3IN4O2. The quantitative estimate of drug-likeness (QED) is 0.238. The number of guanidine groups is 1. The highest BCUT2D eigenvalue weighted by Gasteiger charge is 2.26. The van der Waals surface area contributed by atoms with Crippen molar-refractivity contribution in [2.45, 2.75) is 39.4 Å². The Hall–Kier alpha value is -2.24. The largest absolute Gasteiger partial charge is 0.490 e. The molecule has 10 heteroatoms. The fourth-order valence-electron chi connectivity index (χ4n) is 2.43. The molecular weight excluding hydrogens is 524 g/mol. The van der Waals surface area contributed by atoms with Crippen molar-refractivity contribution in [1.29, 1.82) is 0 Å². The molecule has 0 aliphatic carbocycles. The van der Waals surface area contributed by atoms with Crippen molar-refractivity contribution >= 4 is 29.9 Å². The predicted octanol–water partition coefficient (Wildman–Crippen LogP) is 5.29. The Morgan fingerprint density at radius 1 is 1.06 bits per heavy atom. The van der Waals surface area contributed by atoms with Crippen molar-refractivity contribution < 1.29 is 22.6 Å². The van der Waals surface area contributed by atoms with Gasteiger partial charge >= 0.3 is 6.18 Å². The van der Waals surface area contributed by atoms with Crippen molar-refractivity contribution in [1.82, 2.24) is 15.6 Å². The monoisotopic (exact) mass is 552 g/mol. The number of alkyl halides is 3. The molecule has 0 amide bonds. The lowest BCUT2D eigenvalue weighted by molar-refractivity contribution is -0.132. The molecule has 2 N–H and O–H groups in total. The van der Waals surface area contributed by atoms with Crippen LogP contribution < -0.4 is 20.1 Å². The van der Waals surface area contributed by atoms with Crippen LogP contribution in [0.2, 0.25) is 0 Å². The smallest absolute Gasteiger partial charge is 0.390 e. The topological polar surface area (TPSA) is 67.8 Å². The summed E-state index contributed by atoms with van der Waals surface area (Å²) in [5, 5.41) is 5.62. The Labute approximate surface area is 197 Å². The molecule has 0 atom stereocenters. The standard InChI is InChI=1S/C21H27F3N4O2.HI/c1-3-14-29-17-9-5-6-10-18(17)30-19-16(8-7-12-26-19)15-28-20(25-4-2)27-13-11-21(22,23)24;/h5-10,12H,3-4,11,13-15H2,1-2H3,(H2,25,27,28);1H. The van der Waals surface area contributed by atoms with E-state index in [2.05, 4.69) is 20.6 Å². The molecule has 0 bridgehead atoms. The maximum Gasteiger partial charge on any atom is 0.390 e. The highest BCUT2D eigenvalue weighted by atomic mass is 127. The number of benzene rings is 1. The van der Waals surface area contributed by atoms with Crippen LogP contribution in [0.5, 0.6) is 17.4 Å². The number of rotatable bonds is 10. The Morgan fingerprint density at radius 3 is 2.48 bits per heavy atom. The molecule has 0 spiro atoms. The molecule has 0 fully saturated rings. The zero-order valence-electron chi connectivity index (χ0n) is 17.5. The molecule has 0 radical (unpaired) electrons. The van der Waals surface area contributed by atoms with E-state index in [1.807, 2.05) is 32.0 Å². The zero-order valence-corrected chi connectivity index (χ0v) is 19.9. The molecule has 31 heavy (non-hydrogen) atoms. The number of para-hydroxylation sites is 2. The van der Waals surface area contributed by atoms with Gasteiger partial charge in [0, 0.05) is 24.8 Å². The average molecular weight is 552 g/mol. The number of aliphatic imine (C=N–C) groups is 1. The van der Waals surface area contributed by atoms with E-state index in [9.17, 15) is 13.2 Å². The lowest BCUT2D eigenvalue weighted by Crippen LogP contribution is -2.38. The Bertz CT molecular complexity index is 819. The van der Waals surface area contributed by atoms with E-state index in [4.69, 9.17) is 9.47 Å². The van der Waals surface area contributed by atoms with Crippen LogP contribution in [0.4, 0.5) is 13.2 Å². The zero-order chi connectivity index (χ0) is 21.8. The minimum Gasteiger partial charge on any atom is -0.490 e. The molecule has 6 nitrogen and oxygen atoms in total. The SMILES string of the molecule is CCCOc1ccccc1Oc1ncccc1CN=C(NCC)NCCC(F)(F)F.I. The first-order chi connectivity index (χ1) is 14.4. The first-order valence-electron chi connectivity index (χ1n) is 9.85. The molecule has 2 aromatic rings. The maximum absolute atomic E-state index is 12.4. The van der Waals surface area contributed by atoms with Crippen LogP contribution >= 0.6 is 24.0 Å². The Kier molecular flexibility index (Phi) is 12.1. The van der Waals surface area contributed by atoms with Gasteiger partial charge in [-0.15, -0.1) is 24.0 Å². The van der Waals surface area contributed by atoms with Gasteiger partial charge in [-0.2, -0.15) is 13.2 Å². The fraction of sp³-hybridized carbons (Fsp3) is 0.429. The minimum atomic E-state index is -4.22. The van der Waals surface area contributed by atoms with Gasteiger partial charge < -0.3 is 20.1 Å². The van der Waals surface area contributed by atoms with Gasteiger partial charge in [0.15, 0.2) is 17.5 Å². The number of nitrogens with one attached hydrogen (secondary N) is 2. The number of hydrogen-bond acceptors (Lipinski definition) is 4.